The fraction of sp³-hybridized carbons (Fsp3) is 0.278. The lowest BCUT2D eigenvalue weighted by atomic mass is 10.1. The van der Waals surface area contributed by atoms with Crippen LogP contribution in [0.1, 0.15) is 27.0 Å². The molecule has 112 valence electrons. The van der Waals surface area contributed by atoms with Gasteiger partial charge in [-0.1, -0.05) is 12.1 Å². The Labute approximate surface area is 126 Å². The van der Waals surface area contributed by atoms with Crippen LogP contribution in [0.3, 0.4) is 0 Å². The lowest BCUT2D eigenvalue weighted by Crippen LogP contribution is -1.88. The van der Waals surface area contributed by atoms with E-state index in [2.05, 4.69) is 19.9 Å². The van der Waals surface area contributed by atoms with E-state index in [9.17, 15) is 4.79 Å². The molecule has 2 aromatic carbocycles. The molecule has 3 heteroatoms. The highest BCUT2D eigenvalue weighted by atomic mass is 16.5. The van der Waals surface area contributed by atoms with Crippen LogP contribution in [0, 0.1) is 20.8 Å². The van der Waals surface area contributed by atoms with E-state index in [1.54, 1.807) is 26.4 Å². The summed E-state index contributed by atoms with van der Waals surface area (Å²) in [5, 5.41) is 0. The molecule has 0 atom stereocenters. The smallest absolute Gasteiger partial charge is 0.150 e. The fourth-order valence-corrected chi connectivity index (χ4v) is 1.85. The van der Waals surface area contributed by atoms with Crippen LogP contribution in [0.2, 0.25) is 0 Å². The average Bonchev–Trinajstić information content (AvgIpc) is 2.50. The van der Waals surface area contributed by atoms with Gasteiger partial charge in [0.25, 0.3) is 0 Å². The Morgan fingerprint density at radius 3 is 2.10 bits per heavy atom. The molecule has 0 fully saturated rings. The molecule has 21 heavy (non-hydrogen) atoms. The molecule has 0 aliphatic heterocycles. The van der Waals surface area contributed by atoms with Gasteiger partial charge in [0, 0.05) is 5.56 Å². The molecule has 0 N–H and O–H groups in total. The maximum absolute atomic E-state index is 10.4. The van der Waals surface area contributed by atoms with Crippen LogP contribution >= 0.6 is 0 Å². The molecular weight excluding hydrogens is 264 g/mol. The van der Waals surface area contributed by atoms with Gasteiger partial charge in [-0.3, -0.25) is 4.79 Å². The molecule has 0 aromatic heterocycles. The average molecular weight is 286 g/mol. The minimum atomic E-state index is 0.714. The van der Waals surface area contributed by atoms with Crippen molar-refractivity contribution in [3.8, 4) is 11.5 Å². The van der Waals surface area contributed by atoms with E-state index in [0.29, 0.717) is 5.56 Å². The SMILES string of the molecule is COc1ccc(C=O)c(C)c1.COc1cccc(C)c1C. The second kappa shape index (κ2) is 8.10. The predicted molar refractivity (Wildman–Crippen MR) is 85.6 cm³/mol. The zero-order valence-electron chi connectivity index (χ0n) is 13.3. The van der Waals surface area contributed by atoms with Crippen molar-refractivity contribution in [1.29, 1.82) is 0 Å². The van der Waals surface area contributed by atoms with E-state index >= 15 is 0 Å². The molecule has 0 aliphatic rings. The summed E-state index contributed by atoms with van der Waals surface area (Å²) in [5.74, 6) is 1.76. The standard InChI is InChI=1S/C9H10O2.C9H12O/c1-7-5-9(11-2)4-3-8(7)6-10;1-7-5-4-6-9(10-3)8(7)2/h3-6H,1-2H3;4-6H,1-3H3. The van der Waals surface area contributed by atoms with Crippen LogP contribution in [0.25, 0.3) is 0 Å². The first-order valence-corrected chi connectivity index (χ1v) is 6.73. The molecule has 0 unspecified atom stereocenters. The second-order valence-electron chi connectivity index (χ2n) is 4.74. The molecule has 0 amide bonds. The van der Waals surface area contributed by atoms with Crippen molar-refractivity contribution < 1.29 is 14.3 Å². The monoisotopic (exact) mass is 286 g/mol. The van der Waals surface area contributed by atoms with Gasteiger partial charge in [-0.05, 0) is 61.7 Å². The van der Waals surface area contributed by atoms with E-state index in [1.165, 1.54) is 11.1 Å². The Morgan fingerprint density at radius 1 is 0.905 bits per heavy atom. The number of aryl methyl sites for hydroxylation is 2. The Kier molecular flexibility index (Phi) is 6.47. The van der Waals surface area contributed by atoms with Crippen molar-refractivity contribution >= 4 is 6.29 Å². The maximum atomic E-state index is 10.4. The van der Waals surface area contributed by atoms with Crippen LogP contribution in [-0.2, 0) is 0 Å². The van der Waals surface area contributed by atoms with Gasteiger partial charge < -0.3 is 9.47 Å². The summed E-state index contributed by atoms with van der Waals surface area (Å²) in [6.45, 7) is 6.03. The first kappa shape index (κ1) is 16.8. The summed E-state index contributed by atoms with van der Waals surface area (Å²) in [5.41, 5.74) is 4.16. The van der Waals surface area contributed by atoms with Gasteiger partial charge in [-0.15, -0.1) is 0 Å². The highest BCUT2D eigenvalue weighted by molar-refractivity contribution is 5.77. The lowest BCUT2D eigenvalue weighted by Gasteiger charge is -2.05. The maximum Gasteiger partial charge on any atom is 0.150 e. The molecule has 0 saturated carbocycles. The normalized spacial score (nSPS) is 9.38. The molecule has 0 heterocycles. The third-order valence-electron chi connectivity index (χ3n) is 3.38. The quantitative estimate of drug-likeness (QED) is 0.796. The van der Waals surface area contributed by atoms with Crippen molar-refractivity contribution in [2.45, 2.75) is 20.8 Å². The Morgan fingerprint density at radius 2 is 1.62 bits per heavy atom. The zero-order valence-corrected chi connectivity index (χ0v) is 13.3. The fourth-order valence-electron chi connectivity index (χ4n) is 1.85. The van der Waals surface area contributed by atoms with Crippen LogP contribution < -0.4 is 9.47 Å². The summed E-state index contributed by atoms with van der Waals surface area (Å²) < 4.78 is 10.1. The van der Waals surface area contributed by atoms with E-state index in [-0.39, 0.29) is 0 Å². The third-order valence-corrected chi connectivity index (χ3v) is 3.38. The van der Waals surface area contributed by atoms with E-state index in [1.807, 2.05) is 25.1 Å². The Balaban J connectivity index is 0.000000211. The van der Waals surface area contributed by atoms with Crippen molar-refractivity contribution in [3.05, 3.63) is 58.7 Å². The molecule has 2 aromatic rings. The van der Waals surface area contributed by atoms with Crippen LogP contribution in [0.15, 0.2) is 36.4 Å². The minimum absolute atomic E-state index is 0.714. The molecule has 2 rings (SSSR count). The lowest BCUT2D eigenvalue weighted by molar-refractivity contribution is 0.112. The number of methoxy groups -OCH3 is 2. The second-order valence-corrected chi connectivity index (χ2v) is 4.74. The Bertz CT molecular complexity index is 603. The van der Waals surface area contributed by atoms with Crippen LogP contribution in [0.4, 0.5) is 0 Å². The topological polar surface area (TPSA) is 35.5 Å². The molecule has 0 aliphatic carbocycles. The molecule has 0 saturated heterocycles. The van der Waals surface area contributed by atoms with E-state index in [4.69, 9.17) is 9.47 Å². The predicted octanol–water partition coefficient (Wildman–Crippen LogP) is 4.13. The zero-order chi connectivity index (χ0) is 15.8. The van der Waals surface area contributed by atoms with Gasteiger partial charge in [0.15, 0.2) is 0 Å². The third kappa shape index (κ3) is 4.63. The minimum Gasteiger partial charge on any atom is -0.497 e. The largest absolute Gasteiger partial charge is 0.497 e. The van der Waals surface area contributed by atoms with Gasteiger partial charge in [0.1, 0.15) is 17.8 Å². The van der Waals surface area contributed by atoms with Crippen molar-refractivity contribution in [2.75, 3.05) is 14.2 Å². The van der Waals surface area contributed by atoms with Crippen molar-refractivity contribution in [2.24, 2.45) is 0 Å². The summed E-state index contributed by atoms with van der Waals surface area (Å²) in [7, 11) is 3.30. The summed E-state index contributed by atoms with van der Waals surface area (Å²) in [6, 6.07) is 11.4. The Hall–Kier alpha value is -2.29. The number of hydrogen-bond acceptors (Lipinski definition) is 3. The number of rotatable bonds is 3. The number of carbonyl (C=O) groups is 1. The first-order chi connectivity index (χ1) is 10.0. The first-order valence-electron chi connectivity index (χ1n) is 6.73. The number of hydrogen-bond donors (Lipinski definition) is 0. The highest BCUT2D eigenvalue weighted by Crippen LogP contribution is 2.19. The van der Waals surface area contributed by atoms with Gasteiger partial charge in [0.05, 0.1) is 14.2 Å². The summed E-state index contributed by atoms with van der Waals surface area (Å²) >= 11 is 0. The molecular formula is C18H22O3. The molecule has 0 bridgehead atoms. The van der Waals surface area contributed by atoms with E-state index in [0.717, 1.165) is 23.3 Å². The number of carbonyl (C=O) groups excluding carboxylic acids is 1. The van der Waals surface area contributed by atoms with Crippen molar-refractivity contribution in [1.82, 2.24) is 0 Å². The highest BCUT2D eigenvalue weighted by Gasteiger charge is 1.98. The molecule has 3 nitrogen and oxygen atoms in total. The van der Waals surface area contributed by atoms with Gasteiger partial charge in [-0.25, -0.2) is 0 Å². The molecule has 0 radical (unpaired) electrons. The van der Waals surface area contributed by atoms with E-state index < -0.39 is 0 Å². The summed E-state index contributed by atoms with van der Waals surface area (Å²) in [6.07, 6.45) is 0.842. The molecule has 0 spiro atoms. The van der Waals surface area contributed by atoms with Crippen LogP contribution in [0.5, 0.6) is 11.5 Å². The number of ether oxygens (including phenoxy) is 2. The van der Waals surface area contributed by atoms with Crippen molar-refractivity contribution in [3.63, 3.8) is 0 Å². The summed E-state index contributed by atoms with van der Waals surface area (Å²) in [4.78, 5) is 10.4. The van der Waals surface area contributed by atoms with Gasteiger partial charge in [0.2, 0.25) is 0 Å². The van der Waals surface area contributed by atoms with Gasteiger partial charge in [-0.2, -0.15) is 0 Å². The number of benzene rings is 2. The number of aldehydes is 1. The van der Waals surface area contributed by atoms with Gasteiger partial charge >= 0.3 is 0 Å². The van der Waals surface area contributed by atoms with Crippen LogP contribution in [-0.4, -0.2) is 20.5 Å².